The summed E-state index contributed by atoms with van der Waals surface area (Å²) in [5, 5.41) is 13.8. The lowest BCUT2D eigenvalue weighted by atomic mass is 9.79. The Labute approximate surface area is 126 Å². The average Bonchev–Trinajstić information content (AvgIpc) is 2.81. The highest BCUT2D eigenvalue weighted by molar-refractivity contribution is 5.62. The van der Waals surface area contributed by atoms with Crippen molar-refractivity contribution < 1.29 is 9.52 Å². The van der Waals surface area contributed by atoms with Crippen LogP contribution < -0.4 is 5.32 Å². The first-order valence-corrected chi connectivity index (χ1v) is 7.13. The van der Waals surface area contributed by atoms with Gasteiger partial charge in [0.15, 0.2) is 0 Å². The highest BCUT2D eigenvalue weighted by Crippen LogP contribution is 2.41. The fraction of sp³-hybridized carbons (Fsp3) is 0.471. The van der Waals surface area contributed by atoms with Gasteiger partial charge in [0.05, 0.1) is 6.20 Å². The highest BCUT2D eigenvalue weighted by atomic mass is 16.4. The molecule has 0 spiro atoms. The van der Waals surface area contributed by atoms with Gasteiger partial charge in [0.2, 0.25) is 0 Å². The van der Waals surface area contributed by atoms with Crippen molar-refractivity contribution in [1.82, 2.24) is 4.98 Å². The maximum atomic E-state index is 10.6. The molecule has 0 aliphatic carbocycles. The number of hydrogen-bond acceptors (Lipinski definition) is 4. The van der Waals surface area contributed by atoms with E-state index >= 15 is 0 Å². The number of aromatic hydroxyl groups is 1. The second-order valence-corrected chi connectivity index (χ2v) is 7.38. The average molecular weight is 288 g/mol. The molecule has 0 saturated carbocycles. The van der Waals surface area contributed by atoms with Crippen LogP contribution in [0.5, 0.6) is 5.75 Å². The van der Waals surface area contributed by atoms with Crippen molar-refractivity contribution in [3.8, 4) is 5.75 Å². The summed E-state index contributed by atoms with van der Waals surface area (Å²) >= 11 is 0. The van der Waals surface area contributed by atoms with Crippen LogP contribution >= 0.6 is 0 Å². The molecular formula is C17H24N2O2. The Balaban J connectivity index is 2.56. The lowest BCUT2D eigenvalue weighted by molar-refractivity contribution is 0.423. The van der Waals surface area contributed by atoms with E-state index in [2.05, 4.69) is 51.8 Å². The van der Waals surface area contributed by atoms with Gasteiger partial charge < -0.3 is 14.8 Å². The molecular weight excluding hydrogens is 264 g/mol. The van der Waals surface area contributed by atoms with Crippen molar-refractivity contribution >= 4 is 11.7 Å². The zero-order valence-electron chi connectivity index (χ0n) is 13.6. The summed E-state index contributed by atoms with van der Waals surface area (Å²) in [5.41, 5.74) is 2.37. The Morgan fingerprint density at radius 1 is 1.00 bits per heavy atom. The smallest absolute Gasteiger partial charge is 0.299 e. The topological polar surface area (TPSA) is 58.3 Å². The minimum atomic E-state index is -0.154. The van der Waals surface area contributed by atoms with Crippen LogP contribution in [0.4, 0.5) is 11.7 Å². The molecule has 114 valence electrons. The lowest BCUT2D eigenvalue weighted by Gasteiger charge is -2.28. The monoisotopic (exact) mass is 288 g/mol. The number of nitrogens with one attached hydrogen (secondary N) is 1. The maximum Gasteiger partial charge on any atom is 0.299 e. The van der Waals surface area contributed by atoms with Crippen LogP contribution in [-0.2, 0) is 10.8 Å². The van der Waals surface area contributed by atoms with Crippen molar-refractivity contribution in [1.29, 1.82) is 0 Å². The molecule has 2 rings (SSSR count). The highest BCUT2D eigenvalue weighted by Gasteiger charge is 2.26. The summed E-state index contributed by atoms with van der Waals surface area (Å²) in [4.78, 5) is 4.08. The molecule has 0 unspecified atom stereocenters. The zero-order chi connectivity index (χ0) is 15.8. The SMILES string of the molecule is CC(C)(C)c1cc(Nc2ncco2)cc(C(C)(C)C)c1O. The van der Waals surface area contributed by atoms with Gasteiger partial charge >= 0.3 is 0 Å². The number of phenolic OH excluding ortho intramolecular Hbond substituents is 1. The molecule has 0 bridgehead atoms. The number of anilines is 2. The van der Waals surface area contributed by atoms with Gasteiger partial charge in [0, 0.05) is 16.8 Å². The quantitative estimate of drug-likeness (QED) is 0.785. The van der Waals surface area contributed by atoms with Crippen molar-refractivity contribution in [3.05, 3.63) is 35.7 Å². The third-order valence-corrected chi connectivity index (χ3v) is 3.41. The Hall–Kier alpha value is -1.97. The number of benzene rings is 1. The van der Waals surface area contributed by atoms with Crippen molar-refractivity contribution in [3.63, 3.8) is 0 Å². The van der Waals surface area contributed by atoms with Gasteiger partial charge in [-0.3, -0.25) is 0 Å². The number of rotatable bonds is 2. The summed E-state index contributed by atoms with van der Waals surface area (Å²) in [7, 11) is 0. The molecule has 0 fully saturated rings. The summed E-state index contributed by atoms with van der Waals surface area (Å²) in [6.45, 7) is 12.5. The Bertz CT molecular complexity index is 582. The summed E-state index contributed by atoms with van der Waals surface area (Å²) in [6, 6.07) is 4.35. The first-order chi connectivity index (χ1) is 9.59. The van der Waals surface area contributed by atoms with E-state index in [1.807, 2.05) is 12.1 Å². The van der Waals surface area contributed by atoms with E-state index < -0.39 is 0 Å². The first kappa shape index (κ1) is 15.4. The molecule has 2 aromatic rings. The summed E-state index contributed by atoms with van der Waals surface area (Å²) in [6.07, 6.45) is 3.12. The first-order valence-electron chi connectivity index (χ1n) is 7.13. The van der Waals surface area contributed by atoms with Gasteiger partial charge in [0.25, 0.3) is 6.01 Å². The normalized spacial score (nSPS) is 12.5. The molecule has 1 heterocycles. The number of nitrogens with zero attached hydrogens (tertiary/aromatic N) is 1. The molecule has 4 nitrogen and oxygen atoms in total. The van der Waals surface area contributed by atoms with E-state index in [0.717, 1.165) is 16.8 Å². The predicted octanol–water partition coefficient (Wildman–Crippen LogP) is 4.72. The molecule has 0 atom stereocenters. The lowest BCUT2D eigenvalue weighted by Crippen LogP contribution is -2.17. The van der Waals surface area contributed by atoms with Gasteiger partial charge in [-0.2, -0.15) is 0 Å². The largest absolute Gasteiger partial charge is 0.507 e. The third-order valence-electron chi connectivity index (χ3n) is 3.41. The minimum Gasteiger partial charge on any atom is -0.507 e. The Kier molecular flexibility index (Phi) is 3.74. The van der Waals surface area contributed by atoms with Gasteiger partial charge in [-0.25, -0.2) is 4.98 Å². The Morgan fingerprint density at radius 2 is 1.52 bits per heavy atom. The summed E-state index contributed by atoms with van der Waals surface area (Å²) < 4.78 is 5.23. The zero-order valence-corrected chi connectivity index (χ0v) is 13.6. The number of hydrogen-bond donors (Lipinski definition) is 2. The molecule has 2 N–H and O–H groups in total. The summed E-state index contributed by atoms with van der Waals surface area (Å²) in [5.74, 6) is 0.368. The molecule has 1 aromatic heterocycles. The molecule has 0 aliphatic heterocycles. The molecule has 0 aliphatic rings. The molecule has 4 heteroatoms. The second-order valence-electron chi connectivity index (χ2n) is 7.38. The van der Waals surface area contributed by atoms with Gasteiger partial charge in [-0.1, -0.05) is 41.5 Å². The van der Waals surface area contributed by atoms with Crippen LogP contribution in [0.3, 0.4) is 0 Å². The molecule has 0 amide bonds. The van der Waals surface area contributed by atoms with Crippen LogP contribution in [0.2, 0.25) is 0 Å². The number of aromatic nitrogens is 1. The van der Waals surface area contributed by atoms with Crippen LogP contribution in [0.25, 0.3) is 0 Å². The predicted molar refractivity (Wildman–Crippen MR) is 85.3 cm³/mol. The van der Waals surface area contributed by atoms with E-state index in [0.29, 0.717) is 11.8 Å². The fourth-order valence-corrected chi connectivity index (χ4v) is 2.26. The van der Waals surface area contributed by atoms with Crippen LogP contribution in [0.15, 0.2) is 29.0 Å². The van der Waals surface area contributed by atoms with E-state index in [4.69, 9.17) is 4.42 Å². The second kappa shape index (κ2) is 5.10. The number of phenols is 1. The van der Waals surface area contributed by atoms with E-state index in [-0.39, 0.29) is 10.8 Å². The standard InChI is InChI=1S/C17H24N2O2/c1-16(2,3)12-9-11(19-15-18-7-8-21-15)10-13(14(12)20)17(4,5)6/h7-10,20H,1-6H3,(H,18,19). The van der Waals surface area contributed by atoms with Crippen molar-refractivity contribution in [2.75, 3.05) is 5.32 Å². The molecule has 1 aromatic carbocycles. The van der Waals surface area contributed by atoms with Crippen LogP contribution in [-0.4, -0.2) is 10.1 Å². The van der Waals surface area contributed by atoms with Crippen molar-refractivity contribution in [2.24, 2.45) is 0 Å². The molecule has 21 heavy (non-hydrogen) atoms. The molecule has 0 radical (unpaired) electrons. The van der Waals surface area contributed by atoms with E-state index in [1.54, 1.807) is 6.20 Å². The van der Waals surface area contributed by atoms with Gasteiger partial charge in [-0.15, -0.1) is 0 Å². The van der Waals surface area contributed by atoms with Gasteiger partial charge in [-0.05, 0) is 23.0 Å². The Morgan fingerprint density at radius 3 is 1.90 bits per heavy atom. The molecule has 0 saturated heterocycles. The van der Waals surface area contributed by atoms with Crippen LogP contribution in [0.1, 0.15) is 52.7 Å². The maximum absolute atomic E-state index is 10.6. The van der Waals surface area contributed by atoms with Crippen molar-refractivity contribution in [2.45, 2.75) is 52.4 Å². The number of oxazole rings is 1. The third kappa shape index (κ3) is 3.38. The van der Waals surface area contributed by atoms with E-state index in [9.17, 15) is 5.11 Å². The minimum absolute atomic E-state index is 0.154. The fourth-order valence-electron chi connectivity index (χ4n) is 2.26. The van der Waals surface area contributed by atoms with E-state index in [1.165, 1.54) is 6.26 Å². The van der Waals surface area contributed by atoms with Crippen LogP contribution in [0, 0.1) is 0 Å². The van der Waals surface area contributed by atoms with Gasteiger partial charge in [0.1, 0.15) is 12.0 Å².